The van der Waals surface area contributed by atoms with Crippen molar-refractivity contribution >= 4 is 11.7 Å². The monoisotopic (exact) mass is 201 g/mol. The first-order chi connectivity index (χ1) is 6.57. The molecule has 0 saturated carbocycles. The Labute approximate surface area is 77.1 Å². The molecule has 0 bridgehead atoms. The maximum Gasteiger partial charge on any atom is 0.358 e. The molecule has 0 amide bonds. The first-order valence-corrected chi connectivity index (χ1v) is 3.47. The highest BCUT2D eigenvalue weighted by Crippen LogP contribution is 2.12. The van der Waals surface area contributed by atoms with Crippen LogP contribution in [0.4, 0.5) is 8.78 Å². The number of halogens is 2. The van der Waals surface area contributed by atoms with Crippen LogP contribution in [0.5, 0.6) is 0 Å². The van der Waals surface area contributed by atoms with Crippen molar-refractivity contribution in [3.63, 3.8) is 0 Å². The Morgan fingerprint density at radius 3 is 2.50 bits per heavy atom. The highest BCUT2D eigenvalue weighted by atomic mass is 19.2. The van der Waals surface area contributed by atoms with Crippen LogP contribution >= 0.6 is 0 Å². The molecule has 1 aromatic carbocycles. The number of aliphatic carboxylic acids is 1. The van der Waals surface area contributed by atoms with E-state index in [0.717, 1.165) is 18.2 Å². The third-order valence-corrected chi connectivity index (χ3v) is 1.51. The predicted octanol–water partition coefficient (Wildman–Crippen LogP) is 1.23. The van der Waals surface area contributed by atoms with E-state index in [1.54, 1.807) is 0 Å². The number of rotatable bonds is 2. The fraction of sp³-hybridized carbons (Fsp3) is 0. The molecule has 0 aromatic heterocycles. The van der Waals surface area contributed by atoms with Crippen molar-refractivity contribution in [3.8, 4) is 0 Å². The molecule has 14 heavy (non-hydrogen) atoms. The summed E-state index contributed by atoms with van der Waals surface area (Å²) < 4.78 is 25.6. The molecule has 0 spiro atoms. The lowest BCUT2D eigenvalue weighted by atomic mass is 10.1. The Morgan fingerprint density at radius 1 is 1.36 bits per heavy atom. The summed E-state index contributed by atoms with van der Waals surface area (Å²) in [6, 6.07) is 2.94. The van der Waals surface area contributed by atoms with Crippen LogP contribution in [0.1, 0.15) is 5.56 Å². The molecule has 0 aliphatic heterocycles. The van der Waals surface area contributed by atoms with Gasteiger partial charge in [-0.05, 0) is 12.1 Å². The summed E-state index contributed by atoms with van der Waals surface area (Å²) in [5, 5.41) is 19.1. The molecular formula is C8H5F2NO3. The molecule has 0 atom stereocenters. The van der Waals surface area contributed by atoms with Gasteiger partial charge in [-0.25, -0.2) is 13.6 Å². The zero-order valence-corrected chi connectivity index (χ0v) is 6.74. The van der Waals surface area contributed by atoms with E-state index >= 15 is 0 Å². The number of nitrogens with zero attached hydrogens (tertiary/aromatic N) is 1. The van der Waals surface area contributed by atoms with Crippen LogP contribution in [0.15, 0.2) is 23.4 Å². The van der Waals surface area contributed by atoms with E-state index in [0.29, 0.717) is 0 Å². The molecule has 0 aliphatic carbocycles. The van der Waals surface area contributed by atoms with Crippen LogP contribution in [-0.4, -0.2) is 22.0 Å². The number of carboxylic acid groups (broad SMARTS) is 1. The van der Waals surface area contributed by atoms with Crippen LogP contribution in [0.3, 0.4) is 0 Å². The van der Waals surface area contributed by atoms with Gasteiger partial charge in [0, 0.05) is 5.56 Å². The van der Waals surface area contributed by atoms with E-state index in [-0.39, 0.29) is 0 Å². The van der Waals surface area contributed by atoms with Crippen LogP contribution in [0.25, 0.3) is 0 Å². The van der Waals surface area contributed by atoms with Crippen molar-refractivity contribution in [2.45, 2.75) is 0 Å². The second-order valence-corrected chi connectivity index (χ2v) is 2.36. The first kappa shape index (κ1) is 10.1. The molecular weight excluding hydrogens is 196 g/mol. The second kappa shape index (κ2) is 3.82. The number of carboxylic acids is 1. The average Bonchev–Trinajstić information content (AvgIpc) is 2.13. The van der Waals surface area contributed by atoms with E-state index < -0.39 is 28.9 Å². The summed E-state index contributed by atoms with van der Waals surface area (Å²) in [5.41, 5.74) is -1.54. The minimum atomic E-state index is -1.64. The smallest absolute Gasteiger partial charge is 0.358 e. The molecule has 1 rings (SSSR count). The highest BCUT2D eigenvalue weighted by Gasteiger charge is 2.19. The second-order valence-electron chi connectivity index (χ2n) is 2.36. The van der Waals surface area contributed by atoms with Crippen molar-refractivity contribution in [2.75, 3.05) is 0 Å². The van der Waals surface area contributed by atoms with E-state index in [4.69, 9.17) is 10.3 Å². The van der Waals surface area contributed by atoms with Crippen LogP contribution < -0.4 is 0 Å². The summed E-state index contributed by atoms with van der Waals surface area (Å²) in [4.78, 5) is 10.4. The largest absolute Gasteiger partial charge is 0.476 e. The molecule has 1 aromatic rings. The topological polar surface area (TPSA) is 69.9 Å². The number of hydrogen-bond donors (Lipinski definition) is 2. The summed E-state index contributed by atoms with van der Waals surface area (Å²) in [7, 11) is 0. The maximum absolute atomic E-state index is 13.0. The lowest BCUT2D eigenvalue weighted by Crippen LogP contribution is -2.16. The van der Waals surface area contributed by atoms with Crippen LogP contribution in [0.2, 0.25) is 0 Å². The molecule has 0 saturated heterocycles. The van der Waals surface area contributed by atoms with Crippen molar-refractivity contribution in [3.05, 3.63) is 35.4 Å². The van der Waals surface area contributed by atoms with Gasteiger partial charge in [-0.2, -0.15) is 0 Å². The standard InChI is InChI=1S/C8H5F2NO3/c9-5-3-1-2-4(6(5)10)7(11-14)8(12)13/h1-3,14H,(H,12,13). The molecule has 4 nitrogen and oxygen atoms in total. The summed E-state index contributed by atoms with van der Waals surface area (Å²) in [5.74, 6) is -4.20. The molecule has 0 unspecified atom stereocenters. The minimum Gasteiger partial charge on any atom is -0.476 e. The van der Waals surface area contributed by atoms with E-state index in [9.17, 15) is 13.6 Å². The molecule has 0 heterocycles. The van der Waals surface area contributed by atoms with Crippen molar-refractivity contribution in [1.29, 1.82) is 0 Å². The zero-order valence-electron chi connectivity index (χ0n) is 6.74. The molecule has 6 heteroatoms. The third kappa shape index (κ3) is 1.68. The normalized spacial score (nSPS) is 11.4. The molecule has 0 aliphatic rings. The van der Waals surface area contributed by atoms with Crippen LogP contribution in [0, 0.1) is 11.6 Å². The Hall–Kier alpha value is -1.98. The summed E-state index contributed by atoms with van der Waals surface area (Å²) in [6.45, 7) is 0. The SMILES string of the molecule is O=C(O)C(=NO)c1cccc(F)c1F. The lowest BCUT2D eigenvalue weighted by molar-refractivity contribution is -0.129. The van der Waals surface area contributed by atoms with Gasteiger partial charge in [-0.1, -0.05) is 11.2 Å². The van der Waals surface area contributed by atoms with Crippen molar-refractivity contribution in [1.82, 2.24) is 0 Å². The predicted molar refractivity (Wildman–Crippen MR) is 42.3 cm³/mol. The maximum atomic E-state index is 13.0. The zero-order chi connectivity index (χ0) is 10.7. The fourth-order valence-electron chi connectivity index (χ4n) is 0.899. The quantitative estimate of drug-likeness (QED) is 0.429. The molecule has 0 fully saturated rings. The Balaban J connectivity index is 3.32. The van der Waals surface area contributed by atoms with Crippen LogP contribution in [-0.2, 0) is 4.79 Å². The van der Waals surface area contributed by atoms with Gasteiger partial charge in [-0.3, -0.25) is 0 Å². The van der Waals surface area contributed by atoms with E-state index in [1.165, 1.54) is 0 Å². The van der Waals surface area contributed by atoms with E-state index in [2.05, 4.69) is 5.16 Å². The number of oxime groups is 1. The molecule has 2 N–H and O–H groups in total. The fourth-order valence-corrected chi connectivity index (χ4v) is 0.899. The van der Waals surface area contributed by atoms with Gasteiger partial charge in [0.2, 0.25) is 0 Å². The minimum absolute atomic E-state index is 0.597. The van der Waals surface area contributed by atoms with Gasteiger partial charge in [0.15, 0.2) is 17.3 Å². The van der Waals surface area contributed by atoms with Gasteiger partial charge in [0.1, 0.15) is 0 Å². The van der Waals surface area contributed by atoms with Gasteiger partial charge in [0.05, 0.1) is 0 Å². The van der Waals surface area contributed by atoms with Crippen molar-refractivity contribution < 1.29 is 23.9 Å². The molecule has 0 radical (unpaired) electrons. The van der Waals surface area contributed by atoms with Crippen molar-refractivity contribution in [2.24, 2.45) is 5.16 Å². The molecule has 74 valence electrons. The number of hydrogen-bond acceptors (Lipinski definition) is 3. The summed E-state index contributed by atoms with van der Waals surface area (Å²) >= 11 is 0. The van der Waals surface area contributed by atoms with Gasteiger partial charge >= 0.3 is 5.97 Å². The Bertz CT molecular complexity index is 404. The van der Waals surface area contributed by atoms with Gasteiger partial charge in [0.25, 0.3) is 0 Å². The van der Waals surface area contributed by atoms with Gasteiger partial charge in [-0.15, -0.1) is 0 Å². The van der Waals surface area contributed by atoms with Gasteiger partial charge < -0.3 is 10.3 Å². The highest BCUT2D eigenvalue weighted by molar-refractivity contribution is 6.42. The number of carbonyl (C=O) groups is 1. The lowest BCUT2D eigenvalue weighted by Gasteiger charge is -2.01. The average molecular weight is 201 g/mol. The summed E-state index contributed by atoms with van der Waals surface area (Å²) in [6.07, 6.45) is 0. The van der Waals surface area contributed by atoms with E-state index in [1.807, 2.05) is 0 Å². The Kier molecular flexibility index (Phi) is 2.76. The number of benzene rings is 1. The Morgan fingerprint density at radius 2 is 2.00 bits per heavy atom. The third-order valence-electron chi connectivity index (χ3n) is 1.51. The first-order valence-electron chi connectivity index (χ1n) is 3.47.